The predicted molar refractivity (Wildman–Crippen MR) is 220 cm³/mol. The average molecular weight is 721 g/mol. The fraction of sp³-hybridized carbons (Fsp3) is 0.467. The fourth-order valence-electron chi connectivity index (χ4n) is 3.80. The van der Waals surface area contributed by atoms with Crippen LogP contribution in [0.3, 0.4) is 0 Å². The molecule has 0 saturated carbocycles. The Bertz CT molecular complexity index is 1390. The quantitative estimate of drug-likeness (QED) is 0.147. The van der Waals surface area contributed by atoms with Crippen LogP contribution in [0.5, 0.6) is 0 Å². The third kappa shape index (κ3) is 28.9. The molecular weight excluding hydrogens is 653 g/mol. The molecule has 0 bridgehead atoms. The molecule has 0 N–H and O–H groups in total. The van der Waals surface area contributed by atoms with Gasteiger partial charge in [-0.15, -0.1) is 0 Å². The first kappa shape index (κ1) is 47.1. The summed E-state index contributed by atoms with van der Waals surface area (Å²) in [5.74, 6) is -0.232. The molecule has 4 rings (SSSR count). The third-order valence-electron chi connectivity index (χ3n) is 5.90. The molecule has 0 heterocycles. The topological polar surface area (TPSA) is 57.2 Å². The maximum Gasteiger partial charge on any atom is 0.166 e. The molecule has 0 radical (unpaired) electrons. The monoisotopic (exact) mass is 720 g/mol. The molecule has 3 nitrogen and oxygen atoms in total. The van der Waals surface area contributed by atoms with Crippen LogP contribution in [0, 0.1) is 16.2 Å². The van der Waals surface area contributed by atoms with Gasteiger partial charge in [0.15, 0.2) is 14.7 Å². The van der Waals surface area contributed by atoms with E-state index in [2.05, 4.69) is 197 Å². The molecule has 0 aliphatic heterocycles. The second-order valence-corrected chi connectivity index (χ2v) is 21.3. The van der Waals surface area contributed by atoms with Crippen LogP contribution in [0.15, 0.2) is 136 Å². The molecular formula is C45H68O3S2. The first-order chi connectivity index (χ1) is 22.8. The molecule has 0 atom stereocenters. The van der Waals surface area contributed by atoms with Crippen LogP contribution in [0.25, 0.3) is 0 Å². The van der Waals surface area contributed by atoms with E-state index in [1.165, 1.54) is 20.2 Å². The van der Waals surface area contributed by atoms with E-state index in [1.807, 2.05) is 20.8 Å². The summed E-state index contributed by atoms with van der Waals surface area (Å²) in [6.07, 6.45) is 1.24. The summed E-state index contributed by atoms with van der Waals surface area (Å²) in [5.41, 5.74) is 2.81. The van der Waals surface area contributed by atoms with E-state index in [4.69, 9.17) is 0 Å². The lowest BCUT2D eigenvalue weighted by Crippen LogP contribution is -2.10. The van der Waals surface area contributed by atoms with Crippen LogP contribution < -0.4 is 0 Å². The van der Waals surface area contributed by atoms with Crippen molar-refractivity contribution in [3.8, 4) is 0 Å². The van der Waals surface area contributed by atoms with Gasteiger partial charge in [0.2, 0.25) is 0 Å². The Labute approximate surface area is 311 Å². The predicted octanol–water partition coefficient (Wildman–Crippen LogP) is 13.2. The lowest BCUT2D eigenvalue weighted by atomic mass is 9.87. The summed E-state index contributed by atoms with van der Waals surface area (Å²) >= 11 is 0. The van der Waals surface area contributed by atoms with Crippen LogP contribution in [0.4, 0.5) is 0 Å². The van der Waals surface area contributed by atoms with Gasteiger partial charge in [0.05, 0.1) is 21.0 Å². The summed E-state index contributed by atoms with van der Waals surface area (Å²) in [6, 6.07) is 42.7. The average Bonchev–Trinajstić information content (AvgIpc) is 2.97. The van der Waals surface area contributed by atoms with E-state index in [0.717, 1.165) is 6.42 Å². The van der Waals surface area contributed by atoms with Gasteiger partial charge in [0.1, 0.15) is 0 Å². The van der Waals surface area contributed by atoms with Crippen LogP contribution >= 0.6 is 0 Å². The molecule has 0 aromatic heterocycles. The first-order valence-corrected chi connectivity index (χ1v) is 20.4. The second kappa shape index (κ2) is 22.2. The van der Waals surface area contributed by atoms with Crippen molar-refractivity contribution >= 4 is 21.0 Å². The van der Waals surface area contributed by atoms with Crippen molar-refractivity contribution in [1.82, 2.24) is 0 Å². The van der Waals surface area contributed by atoms with Crippen molar-refractivity contribution in [2.75, 3.05) is 5.75 Å². The molecule has 5 heteroatoms. The van der Waals surface area contributed by atoms with Crippen LogP contribution in [0.2, 0.25) is 0 Å². The second-order valence-electron chi connectivity index (χ2n) is 17.8. The van der Waals surface area contributed by atoms with Crippen molar-refractivity contribution in [1.29, 1.82) is 0 Å². The standard InChI is InChI=1S/C18H15S.C10H14.C7H16O3S.2C5H12/c1-4-10-16(11-5-1)19(17-12-6-2-7-13-17)18-14-8-3-9-15-18;1-10(2,3)9-7-5-4-6-8-9;1-7(2,3)5-4-6-11(8,9)10;2*1-5(2,3)4/h1-15H;4-8H,1-3H3;4-6H2,1-3H3,(H,8,9,10);2*1-4H3/q+1;;;;/p-1. The van der Waals surface area contributed by atoms with Crippen LogP contribution in [-0.4, -0.2) is 18.7 Å². The third-order valence-corrected chi connectivity index (χ3v) is 8.92. The lowest BCUT2D eigenvalue weighted by Gasteiger charge is -2.18. The van der Waals surface area contributed by atoms with E-state index in [-0.39, 0.29) is 22.1 Å². The van der Waals surface area contributed by atoms with Gasteiger partial charge >= 0.3 is 0 Å². The van der Waals surface area contributed by atoms with E-state index in [0.29, 0.717) is 22.7 Å². The highest BCUT2D eigenvalue weighted by Gasteiger charge is 2.27. The van der Waals surface area contributed by atoms with Gasteiger partial charge in [0.25, 0.3) is 0 Å². The molecule has 0 unspecified atom stereocenters. The van der Waals surface area contributed by atoms with Crippen LogP contribution in [-0.2, 0) is 26.4 Å². The van der Waals surface area contributed by atoms with E-state index in [9.17, 15) is 13.0 Å². The highest BCUT2D eigenvalue weighted by molar-refractivity contribution is 7.97. The van der Waals surface area contributed by atoms with Crippen molar-refractivity contribution < 1.29 is 13.0 Å². The molecule has 278 valence electrons. The van der Waals surface area contributed by atoms with Gasteiger partial charge in [-0.2, -0.15) is 0 Å². The molecule has 0 saturated heterocycles. The fourth-order valence-corrected chi connectivity index (χ4v) is 6.40. The first-order valence-electron chi connectivity index (χ1n) is 17.6. The Hall–Kier alpha value is -2.86. The van der Waals surface area contributed by atoms with Gasteiger partial charge in [0, 0.05) is 5.75 Å². The zero-order chi connectivity index (χ0) is 38.7. The van der Waals surface area contributed by atoms with Crippen molar-refractivity contribution in [2.45, 2.75) is 130 Å². The van der Waals surface area contributed by atoms with Gasteiger partial charge in [-0.1, -0.05) is 182 Å². The summed E-state index contributed by atoms with van der Waals surface area (Å²) < 4.78 is 30.5. The Morgan fingerprint density at radius 1 is 0.480 bits per heavy atom. The highest BCUT2D eigenvalue weighted by Crippen LogP contribution is 2.30. The van der Waals surface area contributed by atoms with Gasteiger partial charge < -0.3 is 4.55 Å². The maximum absolute atomic E-state index is 10.2. The molecule has 4 aromatic rings. The minimum atomic E-state index is -4.00. The molecule has 0 amide bonds. The zero-order valence-corrected chi connectivity index (χ0v) is 35.3. The lowest BCUT2D eigenvalue weighted by molar-refractivity contribution is 0.370. The molecule has 0 aliphatic carbocycles. The number of hydrogen-bond acceptors (Lipinski definition) is 3. The summed E-state index contributed by atoms with van der Waals surface area (Å²) in [5, 5.41) is 0. The zero-order valence-electron chi connectivity index (χ0n) is 33.7. The maximum atomic E-state index is 10.2. The summed E-state index contributed by atoms with van der Waals surface area (Å²) in [7, 11) is -4.01. The van der Waals surface area contributed by atoms with E-state index >= 15 is 0 Å². The van der Waals surface area contributed by atoms with Gasteiger partial charge in [-0.25, -0.2) is 8.42 Å². The Morgan fingerprint density at radius 2 is 0.740 bits per heavy atom. The molecule has 0 spiro atoms. The van der Waals surface area contributed by atoms with E-state index < -0.39 is 10.1 Å². The van der Waals surface area contributed by atoms with Crippen molar-refractivity contribution in [3.63, 3.8) is 0 Å². The Morgan fingerprint density at radius 3 is 0.940 bits per heavy atom. The normalized spacial score (nSPS) is 11.7. The van der Waals surface area contributed by atoms with E-state index in [1.54, 1.807) is 0 Å². The largest absolute Gasteiger partial charge is 0.748 e. The summed E-state index contributed by atoms with van der Waals surface area (Å²) in [6.45, 7) is 30.2. The SMILES string of the molecule is CC(C)(C)C.CC(C)(C)C.CC(C)(C)CCCS(=O)(=O)[O-].CC(C)(C)c1ccccc1.c1ccc([S+](c2ccccc2)c2ccccc2)cc1. The molecule has 50 heavy (non-hydrogen) atoms. The number of rotatable bonds is 6. The summed E-state index contributed by atoms with van der Waals surface area (Å²) in [4.78, 5) is 4.08. The minimum absolute atomic E-state index is 0.0146. The number of benzene rings is 4. The van der Waals surface area contributed by atoms with Crippen LogP contribution in [0.1, 0.15) is 115 Å². The minimum Gasteiger partial charge on any atom is -0.748 e. The Balaban J connectivity index is 0.000000667. The highest BCUT2D eigenvalue weighted by atomic mass is 32.2. The van der Waals surface area contributed by atoms with Crippen molar-refractivity contribution in [3.05, 3.63) is 127 Å². The molecule has 0 fully saturated rings. The molecule has 0 aliphatic rings. The smallest absolute Gasteiger partial charge is 0.166 e. The number of hydrogen-bond donors (Lipinski definition) is 0. The van der Waals surface area contributed by atoms with Gasteiger partial charge in [-0.05, 0) is 76.5 Å². The molecule has 4 aromatic carbocycles. The van der Waals surface area contributed by atoms with Crippen molar-refractivity contribution in [2.24, 2.45) is 16.2 Å². The van der Waals surface area contributed by atoms with Gasteiger partial charge in [-0.3, -0.25) is 0 Å². The Kier molecular flexibility index (Phi) is 20.9.